The zero-order valence-electron chi connectivity index (χ0n) is 7.76. The Kier molecular flexibility index (Phi) is 3.60. The average Bonchev–Trinajstić information content (AvgIpc) is 2.04. The molecule has 0 aromatic carbocycles. The zero-order chi connectivity index (χ0) is 9.68. The highest BCUT2D eigenvalue weighted by Crippen LogP contribution is 1.93. The van der Waals surface area contributed by atoms with Crippen molar-refractivity contribution in [2.24, 2.45) is 0 Å². The predicted octanol–water partition coefficient (Wildman–Crippen LogP) is -0.364. The first kappa shape index (κ1) is 9.88. The van der Waals surface area contributed by atoms with Gasteiger partial charge in [-0.15, -0.1) is 0 Å². The second-order valence-electron chi connectivity index (χ2n) is 2.65. The van der Waals surface area contributed by atoms with E-state index in [1.807, 2.05) is 0 Å². The van der Waals surface area contributed by atoms with Gasteiger partial charge >= 0.3 is 0 Å². The van der Waals surface area contributed by atoms with Crippen LogP contribution in [-0.2, 0) is 17.9 Å². The minimum Gasteiger partial charge on any atom is -0.378 e. The second kappa shape index (κ2) is 4.74. The van der Waals surface area contributed by atoms with Crippen molar-refractivity contribution >= 4 is 0 Å². The smallest absolute Gasteiger partial charge is 0.251 e. The maximum absolute atomic E-state index is 11.1. The van der Waals surface area contributed by atoms with Gasteiger partial charge in [-0.3, -0.25) is 4.79 Å². The number of hydrogen-bond acceptors (Lipinski definition) is 4. The van der Waals surface area contributed by atoms with Crippen LogP contribution in [0.1, 0.15) is 11.5 Å². The minimum absolute atomic E-state index is 0.146. The molecule has 0 aliphatic heterocycles. The van der Waals surface area contributed by atoms with Gasteiger partial charge in [0.1, 0.15) is 5.82 Å². The molecule has 1 aromatic rings. The summed E-state index contributed by atoms with van der Waals surface area (Å²) in [5.74, 6) is 0.627. The quantitative estimate of drug-likeness (QED) is 0.668. The summed E-state index contributed by atoms with van der Waals surface area (Å²) in [5.41, 5.74) is 0.504. The highest BCUT2D eigenvalue weighted by molar-refractivity contribution is 5.01. The van der Waals surface area contributed by atoms with E-state index >= 15 is 0 Å². The van der Waals surface area contributed by atoms with Crippen molar-refractivity contribution in [2.45, 2.75) is 13.2 Å². The maximum Gasteiger partial charge on any atom is 0.251 e. The number of methoxy groups -OCH3 is 1. The maximum atomic E-state index is 11.1. The molecule has 0 unspecified atom stereocenters. The number of aromatic nitrogens is 2. The molecule has 1 aromatic heterocycles. The number of hydrogen-bond donors (Lipinski definition) is 2. The first-order chi connectivity index (χ1) is 6.26. The molecule has 1 heterocycles. The zero-order valence-corrected chi connectivity index (χ0v) is 7.76. The normalized spacial score (nSPS) is 10.3. The minimum atomic E-state index is -0.146. The summed E-state index contributed by atoms with van der Waals surface area (Å²) in [6, 6.07) is 1.43. The molecular formula is C8H13N3O2. The Balaban J connectivity index is 2.90. The first-order valence-corrected chi connectivity index (χ1v) is 3.99. The van der Waals surface area contributed by atoms with Crippen molar-refractivity contribution in [1.82, 2.24) is 15.3 Å². The number of nitrogens with zero attached hydrogens (tertiary/aromatic N) is 1. The lowest BCUT2D eigenvalue weighted by Gasteiger charge is -2.02. The largest absolute Gasteiger partial charge is 0.378 e. The predicted molar refractivity (Wildman–Crippen MR) is 48.3 cm³/mol. The monoisotopic (exact) mass is 183 g/mol. The van der Waals surface area contributed by atoms with Crippen LogP contribution in [0.2, 0.25) is 0 Å². The van der Waals surface area contributed by atoms with E-state index in [1.54, 1.807) is 14.2 Å². The van der Waals surface area contributed by atoms with Crippen LogP contribution in [-0.4, -0.2) is 24.1 Å². The Morgan fingerprint density at radius 1 is 1.69 bits per heavy atom. The van der Waals surface area contributed by atoms with Gasteiger partial charge in [0.25, 0.3) is 5.56 Å². The molecule has 1 rings (SSSR count). The first-order valence-electron chi connectivity index (χ1n) is 3.99. The van der Waals surface area contributed by atoms with Crippen molar-refractivity contribution in [3.63, 3.8) is 0 Å². The molecule has 0 radical (unpaired) electrons. The van der Waals surface area contributed by atoms with Gasteiger partial charge in [-0.1, -0.05) is 0 Å². The van der Waals surface area contributed by atoms with Gasteiger partial charge in [0.15, 0.2) is 0 Å². The van der Waals surface area contributed by atoms with Crippen LogP contribution in [0, 0.1) is 0 Å². The number of aromatic amines is 1. The van der Waals surface area contributed by atoms with Crippen LogP contribution >= 0.6 is 0 Å². The highest BCUT2D eigenvalue weighted by atomic mass is 16.5. The Hall–Kier alpha value is -1.20. The molecule has 0 saturated carbocycles. The Bertz CT molecular complexity index is 294. The van der Waals surface area contributed by atoms with E-state index in [1.165, 1.54) is 6.07 Å². The molecule has 0 aliphatic rings. The number of H-pyrrole nitrogens is 1. The van der Waals surface area contributed by atoms with E-state index in [4.69, 9.17) is 4.74 Å². The summed E-state index contributed by atoms with van der Waals surface area (Å²) in [5, 5.41) is 2.91. The lowest BCUT2D eigenvalue weighted by Crippen LogP contribution is -2.17. The second-order valence-corrected chi connectivity index (χ2v) is 2.65. The Labute approximate surface area is 76.2 Å². The summed E-state index contributed by atoms with van der Waals surface area (Å²) in [6.45, 7) is 0.910. The highest BCUT2D eigenvalue weighted by Gasteiger charge is 1.99. The summed E-state index contributed by atoms with van der Waals surface area (Å²) in [6.07, 6.45) is 0. The van der Waals surface area contributed by atoms with E-state index in [0.29, 0.717) is 24.7 Å². The molecule has 72 valence electrons. The third kappa shape index (κ3) is 2.96. The van der Waals surface area contributed by atoms with Crippen LogP contribution in [0.15, 0.2) is 10.9 Å². The number of ether oxygens (including phenoxy) is 1. The van der Waals surface area contributed by atoms with Gasteiger partial charge in [0.05, 0.1) is 18.8 Å². The van der Waals surface area contributed by atoms with E-state index in [-0.39, 0.29) is 5.56 Å². The van der Waals surface area contributed by atoms with Crippen LogP contribution in [0.25, 0.3) is 0 Å². The lowest BCUT2D eigenvalue weighted by atomic mass is 10.4. The van der Waals surface area contributed by atoms with Gasteiger partial charge in [-0.2, -0.15) is 0 Å². The van der Waals surface area contributed by atoms with E-state index in [2.05, 4.69) is 15.3 Å². The fourth-order valence-corrected chi connectivity index (χ4v) is 1.04. The van der Waals surface area contributed by atoms with Gasteiger partial charge in [0.2, 0.25) is 0 Å². The molecule has 0 aliphatic carbocycles. The van der Waals surface area contributed by atoms with Crippen molar-refractivity contribution < 1.29 is 4.74 Å². The van der Waals surface area contributed by atoms with E-state index in [9.17, 15) is 4.79 Å². The van der Waals surface area contributed by atoms with Crippen molar-refractivity contribution in [2.75, 3.05) is 14.2 Å². The molecule has 2 N–H and O–H groups in total. The molecule has 0 spiro atoms. The molecule has 0 amide bonds. The number of rotatable bonds is 4. The summed E-state index contributed by atoms with van der Waals surface area (Å²) < 4.78 is 4.88. The van der Waals surface area contributed by atoms with Gasteiger partial charge in [-0.25, -0.2) is 4.98 Å². The SMILES string of the molecule is CNCc1nc(COC)cc(=O)[nH]1. The fraction of sp³-hybridized carbons (Fsp3) is 0.500. The van der Waals surface area contributed by atoms with Gasteiger partial charge in [-0.05, 0) is 7.05 Å². The van der Waals surface area contributed by atoms with Crippen LogP contribution in [0.3, 0.4) is 0 Å². The van der Waals surface area contributed by atoms with Crippen LogP contribution in [0.5, 0.6) is 0 Å². The molecule has 5 heteroatoms. The lowest BCUT2D eigenvalue weighted by molar-refractivity contribution is 0.181. The third-order valence-electron chi connectivity index (χ3n) is 1.48. The topological polar surface area (TPSA) is 67.0 Å². The van der Waals surface area contributed by atoms with E-state index < -0.39 is 0 Å². The molecular weight excluding hydrogens is 170 g/mol. The Morgan fingerprint density at radius 2 is 2.46 bits per heavy atom. The molecule has 5 nitrogen and oxygen atoms in total. The van der Waals surface area contributed by atoms with E-state index in [0.717, 1.165) is 0 Å². The molecule has 0 bridgehead atoms. The summed E-state index contributed by atoms with van der Waals surface area (Å²) in [4.78, 5) is 17.9. The van der Waals surface area contributed by atoms with Gasteiger partial charge in [0, 0.05) is 13.2 Å². The summed E-state index contributed by atoms with van der Waals surface area (Å²) in [7, 11) is 3.36. The van der Waals surface area contributed by atoms with Crippen molar-refractivity contribution in [1.29, 1.82) is 0 Å². The molecule has 0 atom stereocenters. The standard InChI is InChI=1S/C8H13N3O2/c1-9-4-7-10-6(5-13-2)3-8(12)11-7/h3,9H,4-5H2,1-2H3,(H,10,11,12). The van der Waals surface area contributed by atoms with Gasteiger partial charge < -0.3 is 15.0 Å². The average molecular weight is 183 g/mol. The fourth-order valence-electron chi connectivity index (χ4n) is 1.04. The van der Waals surface area contributed by atoms with Crippen LogP contribution in [0.4, 0.5) is 0 Å². The molecule has 0 fully saturated rings. The van der Waals surface area contributed by atoms with Crippen molar-refractivity contribution in [3.05, 3.63) is 27.9 Å². The van der Waals surface area contributed by atoms with Crippen molar-refractivity contribution in [3.8, 4) is 0 Å². The van der Waals surface area contributed by atoms with Crippen LogP contribution < -0.4 is 10.9 Å². The Morgan fingerprint density at radius 3 is 3.08 bits per heavy atom. The third-order valence-corrected chi connectivity index (χ3v) is 1.48. The molecule has 0 saturated heterocycles. The summed E-state index contributed by atoms with van der Waals surface area (Å²) >= 11 is 0. The molecule has 13 heavy (non-hydrogen) atoms. The number of nitrogens with one attached hydrogen (secondary N) is 2.